The Labute approximate surface area is 284 Å². The maximum absolute atomic E-state index is 6.32. The first-order chi connectivity index (χ1) is 24.2. The molecule has 0 fully saturated rings. The number of hydrogen-bond acceptors (Lipinski definition) is 4. The van der Waals surface area contributed by atoms with Crippen LogP contribution >= 0.6 is 0 Å². The van der Waals surface area contributed by atoms with Crippen LogP contribution in [0.5, 0.6) is 0 Å². The fraction of sp³-hybridized carbons (Fsp3) is 0. The Morgan fingerprint density at radius 1 is 0.265 bits per heavy atom. The van der Waals surface area contributed by atoms with Crippen LogP contribution in [0.3, 0.4) is 0 Å². The van der Waals surface area contributed by atoms with Crippen LogP contribution in [0.25, 0.3) is 89.5 Å². The molecule has 4 nitrogen and oxygen atoms in total. The lowest BCUT2D eigenvalue weighted by molar-refractivity contribution is 0.669. The molecule has 4 heteroatoms. The number of benzene rings is 7. The van der Waals surface area contributed by atoms with Gasteiger partial charge < -0.3 is 4.42 Å². The first kappa shape index (κ1) is 28.6. The van der Waals surface area contributed by atoms with Gasteiger partial charge in [0.1, 0.15) is 11.2 Å². The molecule has 49 heavy (non-hydrogen) atoms. The Balaban J connectivity index is 1.16. The highest BCUT2D eigenvalue weighted by atomic mass is 16.3. The second-order valence-electron chi connectivity index (χ2n) is 12.1. The third kappa shape index (κ3) is 5.56. The number of hydrogen-bond donors (Lipinski definition) is 0. The molecule has 9 aromatic rings. The lowest BCUT2D eigenvalue weighted by atomic mass is 9.98. The van der Waals surface area contributed by atoms with Gasteiger partial charge in [-0.15, -0.1) is 0 Å². The molecule has 2 heterocycles. The van der Waals surface area contributed by atoms with Gasteiger partial charge >= 0.3 is 0 Å². The van der Waals surface area contributed by atoms with Gasteiger partial charge in [-0.3, -0.25) is 0 Å². The van der Waals surface area contributed by atoms with E-state index in [-0.39, 0.29) is 0 Å². The molecule has 0 spiro atoms. The van der Waals surface area contributed by atoms with Crippen LogP contribution < -0.4 is 0 Å². The number of furan rings is 1. The van der Waals surface area contributed by atoms with Crippen LogP contribution in [0.2, 0.25) is 0 Å². The third-order valence-electron chi connectivity index (χ3n) is 8.93. The smallest absolute Gasteiger partial charge is 0.164 e. The van der Waals surface area contributed by atoms with Crippen molar-refractivity contribution in [3.8, 4) is 67.5 Å². The predicted molar refractivity (Wildman–Crippen MR) is 200 cm³/mol. The molecule has 0 unspecified atom stereocenters. The van der Waals surface area contributed by atoms with E-state index in [1.54, 1.807) is 0 Å². The number of rotatable bonds is 6. The normalized spacial score (nSPS) is 11.3. The van der Waals surface area contributed by atoms with E-state index >= 15 is 0 Å². The van der Waals surface area contributed by atoms with Crippen molar-refractivity contribution in [2.24, 2.45) is 0 Å². The van der Waals surface area contributed by atoms with Crippen LogP contribution in [-0.2, 0) is 0 Å². The van der Waals surface area contributed by atoms with Crippen molar-refractivity contribution in [1.29, 1.82) is 0 Å². The second kappa shape index (κ2) is 12.2. The lowest BCUT2D eigenvalue weighted by Crippen LogP contribution is -2.00. The van der Waals surface area contributed by atoms with Gasteiger partial charge in [-0.25, -0.2) is 15.0 Å². The molecule has 2 aromatic heterocycles. The molecule has 0 aliphatic rings. The zero-order chi connectivity index (χ0) is 32.6. The Morgan fingerprint density at radius 2 is 0.612 bits per heavy atom. The molecule has 0 saturated heterocycles. The van der Waals surface area contributed by atoms with Crippen LogP contribution in [-0.4, -0.2) is 15.0 Å². The standard InChI is InChI=1S/C45H29N3O/c1-4-12-30(13-5-1)33-18-10-20-35(26-33)36-22-24-41-39(28-36)40-29-38(23-25-42(40)49-41)45-47-43(32-16-8-3-9-17-32)46-44(48-45)37-21-11-19-34(27-37)31-14-6-2-7-15-31/h1-29H. The molecule has 7 aromatic carbocycles. The molecule has 0 radical (unpaired) electrons. The lowest BCUT2D eigenvalue weighted by Gasteiger charge is -2.10. The summed E-state index contributed by atoms with van der Waals surface area (Å²) in [7, 11) is 0. The predicted octanol–water partition coefficient (Wildman–Crippen LogP) is 11.8. The molecule has 0 amide bonds. The molecular weight excluding hydrogens is 599 g/mol. The van der Waals surface area contributed by atoms with Gasteiger partial charge in [0.2, 0.25) is 0 Å². The fourth-order valence-corrected chi connectivity index (χ4v) is 6.42. The fourth-order valence-electron chi connectivity index (χ4n) is 6.42. The van der Waals surface area contributed by atoms with Crippen molar-refractivity contribution in [3.05, 3.63) is 176 Å². The van der Waals surface area contributed by atoms with Crippen molar-refractivity contribution in [1.82, 2.24) is 15.0 Å². The van der Waals surface area contributed by atoms with E-state index in [1.807, 2.05) is 54.6 Å². The Kier molecular flexibility index (Phi) is 7.10. The van der Waals surface area contributed by atoms with Gasteiger partial charge in [0.25, 0.3) is 0 Å². The largest absolute Gasteiger partial charge is 0.456 e. The van der Waals surface area contributed by atoms with Gasteiger partial charge in [0.05, 0.1) is 0 Å². The summed E-state index contributed by atoms with van der Waals surface area (Å²) in [5.74, 6) is 1.86. The topological polar surface area (TPSA) is 51.8 Å². The Morgan fingerprint density at radius 3 is 1.16 bits per heavy atom. The Bertz CT molecular complexity index is 2590. The summed E-state index contributed by atoms with van der Waals surface area (Å²) < 4.78 is 6.32. The van der Waals surface area contributed by atoms with Gasteiger partial charge in [-0.2, -0.15) is 0 Å². The number of fused-ring (bicyclic) bond motifs is 3. The van der Waals surface area contributed by atoms with Gasteiger partial charge in [0.15, 0.2) is 17.5 Å². The van der Waals surface area contributed by atoms with Crippen molar-refractivity contribution in [2.45, 2.75) is 0 Å². The van der Waals surface area contributed by atoms with Gasteiger partial charge in [-0.05, 0) is 75.8 Å². The minimum Gasteiger partial charge on any atom is -0.456 e. The molecule has 0 aliphatic heterocycles. The summed E-state index contributed by atoms with van der Waals surface area (Å²) in [5.41, 5.74) is 11.3. The molecule has 0 atom stereocenters. The van der Waals surface area contributed by atoms with Crippen LogP contribution in [0, 0.1) is 0 Å². The van der Waals surface area contributed by atoms with Crippen molar-refractivity contribution in [2.75, 3.05) is 0 Å². The first-order valence-corrected chi connectivity index (χ1v) is 16.4. The van der Waals surface area contributed by atoms with Crippen LogP contribution in [0.15, 0.2) is 180 Å². The zero-order valence-electron chi connectivity index (χ0n) is 26.5. The zero-order valence-corrected chi connectivity index (χ0v) is 26.5. The van der Waals surface area contributed by atoms with Crippen LogP contribution in [0.1, 0.15) is 0 Å². The molecule has 0 N–H and O–H groups in total. The third-order valence-corrected chi connectivity index (χ3v) is 8.93. The average molecular weight is 628 g/mol. The highest BCUT2D eigenvalue weighted by Gasteiger charge is 2.16. The van der Waals surface area contributed by atoms with Crippen molar-refractivity contribution in [3.63, 3.8) is 0 Å². The number of nitrogens with zero attached hydrogens (tertiary/aromatic N) is 3. The van der Waals surface area contributed by atoms with E-state index in [1.165, 1.54) is 11.1 Å². The molecular formula is C45H29N3O. The maximum Gasteiger partial charge on any atom is 0.164 e. The Hall–Kier alpha value is -6.65. The summed E-state index contributed by atoms with van der Waals surface area (Å²) >= 11 is 0. The summed E-state index contributed by atoms with van der Waals surface area (Å²) in [6.45, 7) is 0. The van der Waals surface area contributed by atoms with E-state index < -0.39 is 0 Å². The number of aromatic nitrogens is 3. The van der Waals surface area contributed by atoms with Gasteiger partial charge in [0, 0.05) is 27.5 Å². The summed E-state index contributed by atoms with van der Waals surface area (Å²) in [5, 5.41) is 2.07. The minimum atomic E-state index is 0.608. The first-order valence-electron chi connectivity index (χ1n) is 16.4. The molecule has 0 bridgehead atoms. The highest BCUT2D eigenvalue weighted by Crippen LogP contribution is 2.36. The van der Waals surface area contributed by atoms with E-state index in [4.69, 9.17) is 19.4 Å². The monoisotopic (exact) mass is 627 g/mol. The molecule has 0 saturated carbocycles. The molecule has 0 aliphatic carbocycles. The van der Waals surface area contributed by atoms with E-state index in [9.17, 15) is 0 Å². The summed E-state index contributed by atoms with van der Waals surface area (Å²) in [6, 6.07) is 60.6. The SMILES string of the molecule is c1ccc(-c2cccc(-c3ccc4oc5ccc(-c6nc(-c7ccccc7)nc(-c7cccc(-c8ccccc8)c7)n6)cc5c4c3)c2)cc1. The highest BCUT2D eigenvalue weighted by molar-refractivity contribution is 6.07. The van der Waals surface area contributed by atoms with E-state index in [0.717, 1.165) is 60.9 Å². The van der Waals surface area contributed by atoms with Crippen molar-refractivity contribution >= 4 is 21.9 Å². The summed E-state index contributed by atoms with van der Waals surface area (Å²) in [4.78, 5) is 15.0. The molecule has 230 valence electrons. The van der Waals surface area contributed by atoms with Crippen molar-refractivity contribution < 1.29 is 4.42 Å². The maximum atomic E-state index is 6.32. The molecule has 9 rings (SSSR count). The van der Waals surface area contributed by atoms with Crippen LogP contribution in [0.4, 0.5) is 0 Å². The summed E-state index contributed by atoms with van der Waals surface area (Å²) in [6.07, 6.45) is 0. The van der Waals surface area contributed by atoms with E-state index in [0.29, 0.717) is 17.5 Å². The second-order valence-corrected chi connectivity index (χ2v) is 12.1. The average Bonchev–Trinajstić information content (AvgIpc) is 3.56. The minimum absolute atomic E-state index is 0.608. The quantitative estimate of drug-likeness (QED) is 0.184. The van der Waals surface area contributed by atoms with E-state index in [2.05, 4.69) is 121 Å². The van der Waals surface area contributed by atoms with Gasteiger partial charge in [-0.1, -0.05) is 133 Å².